The highest BCUT2D eigenvalue weighted by atomic mass is 16.8. The van der Waals surface area contributed by atoms with Gasteiger partial charge in [0, 0.05) is 0 Å². The Hall–Kier alpha value is -1.44. The zero-order valence-corrected chi connectivity index (χ0v) is 15.6. The molecule has 3 heterocycles. The van der Waals surface area contributed by atoms with Crippen LogP contribution in [-0.4, -0.2) is 48.4 Å². The highest BCUT2D eigenvalue weighted by molar-refractivity contribution is 5.83. The summed E-state index contributed by atoms with van der Waals surface area (Å²) < 4.78 is 27.9. The van der Waals surface area contributed by atoms with E-state index in [1.165, 1.54) is 0 Å². The predicted molar refractivity (Wildman–Crippen MR) is 90.9 cm³/mol. The fraction of sp³-hybridized carbons (Fsp3) is 0.789. The second kappa shape index (κ2) is 7.66. The average molecular weight is 368 g/mol. The van der Waals surface area contributed by atoms with Gasteiger partial charge in [-0.1, -0.05) is 25.8 Å². The van der Waals surface area contributed by atoms with E-state index in [1.807, 2.05) is 13.0 Å². The van der Waals surface area contributed by atoms with E-state index in [0.717, 1.165) is 32.1 Å². The number of carbonyl (C=O) groups excluding carboxylic acids is 2. The molecule has 7 heteroatoms. The average Bonchev–Trinajstić information content (AvgIpc) is 3.14. The van der Waals surface area contributed by atoms with E-state index in [1.54, 1.807) is 13.8 Å². The van der Waals surface area contributed by atoms with Crippen LogP contribution in [0.25, 0.3) is 0 Å². The lowest BCUT2D eigenvalue weighted by Gasteiger charge is -2.22. The Balaban J connectivity index is 1.50. The number of fused-ring (bicyclic) bond motifs is 3. The van der Waals surface area contributed by atoms with E-state index < -0.39 is 48.4 Å². The molecule has 0 aliphatic carbocycles. The summed E-state index contributed by atoms with van der Waals surface area (Å²) >= 11 is 0. The van der Waals surface area contributed by atoms with Gasteiger partial charge in [0.1, 0.15) is 6.10 Å². The zero-order chi connectivity index (χ0) is 18.9. The molecule has 0 aromatic rings. The Labute approximate surface area is 153 Å². The van der Waals surface area contributed by atoms with Gasteiger partial charge in [-0.3, -0.25) is 4.79 Å². The third kappa shape index (κ3) is 3.94. The molecule has 6 atom stereocenters. The number of unbranched alkanes of at least 4 members (excludes halogenated alkanes) is 3. The van der Waals surface area contributed by atoms with Gasteiger partial charge in [0.2, 0.25) is 6.10 Å². The lowest BCUT2D eigenvalue weighted by Crippen LogP contribution is -2.38. The van der Waals surface area contributed by atoms with Crippen molar-refractivity contribution in [3.8, 4) is 0 Å². The molecule has 0 aromatic heterocycles. The van der Waals surface area contributed by atoms with Crippen molar-refractivity contribution >= 4 is 11.9 Å². The van der Waals surface area contributed by atoms with Crippen LogP contribution in [0.2, 0.25) is 0 Å². The topological polar surface area (TPSA) is 80.3 Å². The van der Waals surface area contributed by atoms with E-state index in [-0.39, 0.29) is 5.92 Å². The quantitative estimate of drug-likeness (QED) is 0.370. The first-order chi connectivity index (χ1) is 12.3. The van der Waals surface area contributed by atoms with Gasteiger partial charge in [-0.2, -0.15) is 0 Å². The van der Waals surface area contributed by atoms with Gasteiger partial charge in [0.05, 0.1) is 5.92 Å². The highest BCUT2D eigenvalue weighted by Gasteiger charge is 2.64. The molecule has 0 radical (unpaired) electrons. The van der Waals surface area contributed by atoms with Crippen molar-refractivity contribution in [3.63, 3.8) is 0 Å². The maximum atomic E-state index is 12.3. The van der Waals surface area contributed by atoms with E-state index in [4.69, 9.17) is 23.7 Å². The smallest absolute Gasteiger partial charge is 0.350 e. The molecule has 0 bridgehead atoms. The van der Waals surface area contributed by atoms with E-state index in [9.17, 15) is 9.59 Å². The Kier molecular flexibility index (Phi) is 5.69. The van der Waals surface area contributed by atoms with E-state index in [2.05, 4.69) is 6.58 Å². The second-order valence-electron chi connectivity index (χ2n) is 7.66. The molecule has 0 aromatic carbocycles. The molecule has 3 fully saturated rings. The van der Waals surface area contributed by atoms with Gasteiger partial charge in [0.25, 0.3) is 0 Å². The Morgan fingerprint density at radius 2 is 2.00 bits per heavy atom. The maximum Gasteiger partial charge on any atom is 0.350 e. The lowest BCUT2D eigenvalue weighted by molar-refractivity contribution is -0.217. The SMILES string of the molecule is C=CCCCCCC(C)C(=O)OC1C(=O)OC2C3OC(C)(C)OC3OC12. The summed E-state index contributed by atoms with van der Waals surface area (Å²) in [6, 6.07) is 0. The summed E-state index contributed by atoms with van der Waals surface area (Å²) in [5, 5.41) is 0. The predicted octanol–water partition coefficient (Wildman–Crippen LogP) is 2.47. The number of rotatable bonds is 8. The summed E-state index contributed by atoms with van der Waals surface area (Å²) in [5.74, 6) is -2.06. The van der Waals surface area contributed by atoms with Crippen molar-refractivity contribution in [2.75, 3.05) is 0 Å². The normalized spacial score (nSPS) is 35.5. The van der Waals surface area contributed by atoms with Gasteiger partial charge in [0.15, 0.2) is 24.3 Å². The Morgan fingerprint density at radius 3 is 2.73 bits per heavy atom. The minimum absolute atomic E-state index is 0.280. The molecule has 0 N–H and O–H groups in total. The minimum atomic E-state index is -1.06. The van der Waals surface area contributed by atoms with Gasteiger partial charge >= 0.3 is 11.9 Å². The zero-order valence-electron chi connectivity index (χ0n) is 15.6. The summed E-state index contributed by atoms with van der Waals surface area (Å²) in [5.41, 5.74) is 0. The van der Waals surface area contributed by atoms with Crippen molar-refractivity contribution in [2.45, 2.75) is 89.4 Å². The van der Waals surface area contributed by atoms with Crippen LogP contribution in [0.1, 0.15) is 52.9 Å². The highest BCUT2D eigenvalue weighted by Crippen LogP contribution is 2.43. The second-order valence-corrected chi connectivity index (χ2v) is 7.66. The third-order valence-electron chi connectivity index (χ3n) is 5.00. The molecule has 3 aliphatic rings. The van der Waals surface area contributed by atoms with Crippen LogP contribution in [0, 0.1) is 5.92 Å². The molecule has 3 aliphatic heterocycles. The van der Waals surface area contributed by atoms with Gasteiger partial charge in [-0.25, -0.2) is 4.79 Å². The van der Waals surface area contributed by atoms with Crippen molar-refractivity contribution in [2.24, 2.45) is 5.92 Å². The van der Waals surface area contributed by atoms with Gasteiger partial charge < -0.3 is 23.7 Å². The van der Waals surface area contributed by atoms with Crippen molar-refractivity contribution in [1.82, 2.24) is 0 Å². The summed E-state index contributed by atoms with van der Waals surface area (Å²) in [6.07, 6.45) is 3.17. The first-order valence-corrected chi connectivity index (χ1v) is 9.35. The van der Waals surface area contributed by atoms with Crippen LogP contribution in [0.3, 0.4) is 0 Å². The molecule has 0 amide bonds. The first-order valence-electron chi connectivity index (χ1n) is 9.35. The number of allylic oxidation sites excluding steroid dienone is 1. The number of ether oxygens (including phenoxy) is 5. The van der Waals surface area contributed by atoms with E-state index >= 15 is 0 Å². The fourth-order valence-electron chi connectivity index (χ4n) is 3.61. The van der Waals surface area contributed by atoms with Crippen LogP contribution < -0.4 is 0 Å². The molecule has 26 heavy (non-hydrogen) atoms. The molecule has 3 rings (SSSR count). The monoisotopic (exact) mass is 368 g/mol. The van der Waals surface area contributed by atoms with Crippen LogP contribution in [-0.2, 0) is 33.3 Å². The number of esters is 2. The molecule has 7 nitrogen and oxygen atoms in total. The Bertz CT molecular complexity index is 558. The third-order valence-corrected chi connectivity index (χ3v) is 5.00. The molecule has 6 unspecified atom stereocenters. The number of carbonyl (C=O) groups is 2. The molecule has 0 spiro atoms. The summed E-state index contributed by atoms with van der Waals surface area (Å²) in [4.78, 5) is 24.5. The van der Waals surface area contributed by atoms with Gasteiger partial charge in [-0.05, 0) is 33.1 Å². The van der Waals surface area contributed by atoms with Crippen molar-refractivity contribution in [3.05, 3.63) is 12.7 Å². The Morgan fingerprint density at radius 1 is 1.23 bits per heavy atom. The standard InChI is InChI=1S/C19H28O7/c1-5-6-7-8-9-10-11(2)16(20)23-14-12-13(22-17(14)21)15-18(24-12)26-19(3,4)25-15/h5,11-15,18H,1,6-10H2,2-4H3. The largest absolute Gasteiger partial charge is 0.454 e. The van der Waals surface area contributed by atoms with Gasteiger partial charge in [-0.15, -0.1) is 6.58 Å². The molecule has 0 saturated carbocycles. The number of hydrogen-bond donors (Lipinski definition) is 0. The minimum Gasteiger partial charge on any atom is -0.454 e. The molecule has 146 valence electrons. The van der Waals surface area contributed by atoms with E-state index in [0.29, 0.717) is 0 Å². The number of hydrogen-bond acceptors (Lipinski definition) is 7. The maximum absolute atomic E-state index is 12.3. The van der Waals surface area contributed by atoms with Crippen LogP contribution >= 0.6 is 0 Å². The first kappa shape index (κ1) is 19.3. The summed E-state index contributed by atoms with van der Waals surface area (Å²) in [7, 11) is 0. The van der Waals surface area contributed by atoms with Crippen LogP contribution in [0.4, 0.5) is 0 Å². The fourth-order valence-corrected chi connectivity index (χ4v) is 3.61. The summed E-state index contributed by atoms with van der Waals surface area (Å²) in [6.45, 7) is 9.05. The van der Waals surface area contributed by atoms with Crippen molar-refractivity contribution in [1.29, 1.82) is 0 Å². The van der Waals surface area contributed by atoms with Crippen molar-refractivity contribution < 1.29 is 33.3 Å². The van der Waals surface area contributed by atoms with Crippen LogP contribution in [0.5, 0.6) is 0 Å². The molecule has 3 saturated heterocycles. The molecular formula is C19H28O7. The lowest BCUT2D eigenvalue weighted by atomic mass is 10.0. The molecular weight excluding hydrogens is 340 g/mol. The van der Waals surface area contributed by atoms with Crippen LogP contribution in [0.15, 0.2) is 12.7 Å².